The van der Waals surface area contributed by atoms with E-state index in [2.05, 4.69) is 0 Å². The maximum atomic E-state index is 12.6. The molecule has 1 fully saturated rings. The Morgan fingerprint density at radius 1 is 1.37 bits per heavy atom. The minimum atomic E-state index is -3.50. The van der Waals surface area contributed by atoms with Gasteiger partial charge >= 0.3 is 0 Å². The van der Waals surface area contributed by atoms with E-state index in [1.54, 1.807) is 24.3 Å². The van der Waals surface area contributed by atoms with Crippen molar-refractivity contribution in [3.8, 4) is 0 Å². The van der Waals surface area contributed by atoms with Gasteiger partial charge in [0, 0.05) is 19.1 Å². The third kappa shape index (κ3) is 2.81. The molecule has 0 radical (unpaired) electrons. The molecule has 0 amide bonds. The molecular formula is C13H20N2O3S. The van der Waals surface area contributed by atoms with Gasteiger partial charge in [-0.2, -0.15) is 4.31 Å². The Morgan fingerprint density at radius 2 is 2.05 bits per heavy atom. The van der Waals surface area contributed by atoms with Crippen LogP contribution in [0, 0.1) is 0 Å². The molecule has 1 saturated heterocycles. The molecule has 1 unspecified atom stereocenters. The second-order valence-corrected chi connectivity index (χ2v) is 6.94. The van der Waals surface area contributed by atoms with Gasteiger partial charge in [-0.25, -0.2) is 8.42 Å². The van der Waals surface area contributed by atoms with Gasteiger partial charge in [-0.15, -0.1) is 0 Å². The van der Waals surface area contributed by atoms with Crippen molar-refractivity contribution in [1.29, 1.82) is 0 Å². The lowest BCUT2D eigenvalue weighted by Gasteiger charge is -2.21. The Morgan fingerprint density at radius 3 is 2.63 bits per heavy atom. The maximum Gasteiger partial charge on any atom is 0.243 e. The second kappa shape index (κ2) is 5.58. The molecule has 1 aromatic rings. The number of aliphatic hydroxyl groups is 1. The van der Waals surface area contributed by atoms with Gasteiger partial charge in [-0.3, -0.25) is 0 Å². The van der Waals surface area contributed by atoms with Crippen molar-refractivity contribution in [3.63, 3.8) is 0 Å². The van der Waals surface area contributed by atoms with E-state index >= 15 is 0 Å². The first-order valence-electron chi connectivity index (χ1n) is 6.32. The summed E-state index contributed by atoms with van der Waals surface area (Å²) in [5, 5.41) is 9.27. The number of hydrogen-bond donors (Lipinski definition) is 1. The predicted octanol–water partition coefficient (Wildman–Crippen LogP) is 0.503. The average Bonchev–Trinajstić information content (AvgIpc) is 2.89. The fourth-order valence-corrected chi connectivity index (χ4v) is 4.08. The number of rotatable bonds is 4. The molecule has 5 nitrogen and oxygen atoms in total. The topological polar surface area (TPSA) is 60.9 Å². The first kappa shape index (κ1) is 14.5. The molecule has 0 spiro atoms. The minimum absolute atomic E-state index is 0.219. The molecule has 2 rings (SSSR count). The Bertz CT molecular complexity index is 543. The van der Waals surface area contributed by atoms with Crippen LogP contribution in [-0.2, 0) is 16.6 Å². The number of nitrogens with zero attached hydrogens (tertiary/aromatic N) is 2. The van der Waals surface area contributed by atoms with Crippen molar-refractivity contribution in [2.75, 3.05) is 27.2 Å². The maximum absolute atomic E-state index is 12.6. The van der Waals surface area contributed by atoms with Crippen molar-refractivity contribution >= 4 is 10.0 Å². The first-order chi connectivity index (χ1) is 8.96. The molecule has 1 aromatic carbocycles. The Labute approximate surface area is 114 Å². The van der Waals surface area contributed by atoms with Gasteiger partial charge in [0.05, 0.1) is 11.5 Å². The highest BCUT2D eigenvalue weighted by Crippen LogP contribution is 2.25. The van der Waals surface area contributed by atoms with Crippen molar-refractivity contribution in [2.45, 2.75) is 24.0 Å². The smallest absolute Gasteiger partial charge is 0.243 e. The van der Waals surface area contributed by atoms with Crippen LogP contribution >= 0.6 is 0 Å². The van der Waals surface area contributed by atoms with Crippen LogP contribution in [0.1, 0.15) is 12.0 Å². The molecule has 6 heteroatoms. The molecule has 0 saturated carbocycles. The van der Waals surface area contributed by atoms with Gasteiger partial charge in [-0.1, -0.05) is 18.2 Å². The lowest BCUT2D eigenvalue weighted by molar-refractivity contribution is 0.278. The normalized spacial score (nSPS) is 21.2. The summed E-state index contributed by atoms with van der Waals surface area (Å²) >= 11 is 0. The van der Waals surface area contributed by atoms with Crippen LogP contribution < -0.4 is 0 Å². The monoisotopic (exact) mass is 284 g/mol. The Balaban J connectivity index is 2.29. The first-order valence-corrected chi connectivity index (χ1v) is 7.76. The van der Waals surface area contributed by atoms with Crippen LogP contribution in [-0.4, -0.2) is 56.0 Å². The summed E-state index contributed by atoms with van der Waals surface area (Å²) in [6.45, 7) is 0.778. The van der Waals surface area contributed by atoms with E-state index in [0.717, 1.165) is 6.42 Å². The zero-order valence-corrected chi connectivity index (χ0v) is 12.1. The zero-order valence-electron chi connectivity index (χ0n) is 11.3. The Kier molecular flexibility index (Phi) is 4.25. The highest BCUT2D eigenvalue weighted by atomic mass is 32.2. The molecule has 1 aliphatic rings. The van der Waals surface area contributed by atoms with Crippen molar-refractivity contribution in [3.05, 3.63) is 29.8 Å². The number of likely N-dealkylation sites (N-methyl/N-ethyl adjacent to an activating group) is 1. The summed E-state index contributed by atoms with van der Waals surface area (Å²) in [6.07, 6.45) is 0.841. The molecule has 0 aromatic heterocycles. The number of sulfonamides is 1. The van der Waals surface area contributed by atoms with E-state index in [4.69, 9.17) is 0 Å². The summed E-state index contributed by atoms with van der Waals surface area (Å²) in [6, 6.07) is 6.88. The largest absolute Gasteiger partial charge is 0.392 e. The van der Waals surface area contributed by atoms with Gasteiger partial charge in [0.25, 0.3) is 0 Å². The Hall–Kier alpha value is -0.950. The third-order valence-corrected chi connectivity index (χ3v) is 5.58. The summed E-state index contributed by atoms with van der Waals surface area (Å²) in [5.41, 5.74) is 0.454. The quantitative estimate of drug-likeness (QED) is 0.875. The third-order valence-electron chi connectivity index (χ3n) is 3.62. The molecule has 19 heavy (non-hydrogen) atoms. The van der Waals surface area contributed by atoms with Crippen LogP contribution in [0.2, 0.25) is 0 Å². The predicted molar refractivity (Wildman–Crippen MR) is 73.2 cm³/mol. The van der Waals surface area contributed by atoms with Gasteiger partial charge in [0.1, 0.15) is 0 Å². The molecule has 106 valence electrons. The van der Waals surface area contributed by atoms with E-state index < -0.39 is 10.0 Å². The van der Waals surface area contributed by atoms with E-state index in [-0.39, 0.29) is 17.5 Å². The number of benzene rings is 1. The fourth-order valence-electron chi connectivity index (χ4n) is 2.38. The van der Waals surface area contributed by atoms with Crippen LogP contribution in [0.25, 0.3) is 0 Å². The summed E-state index contributed by atoms with van der Waals surface area (Å²) < 4.78 is 26.7. The van der Waals surface area contributed by atoms with Crippen LogP contribution in [0.5, 0.6) is 0 Å². The van der Waals surface area contributed by atoms with Crippen LogP contribution in [0.4, 0.5) is 0 Å². The molecule has 1 heterocycles. The summed E-state index contributed by atoms with van der Waals surface area (Å²) in [4.78, 5) is 2.27. The lowest BCUT2D eigenvalue weighted by atomic mass is 10.2. The van der Waals surface area contributed by atoms with Crippen LogP contribution in [0.15, 0.2) is 29.2 Å². The van der Waals surface area contributed by atoms with E-state index in [0.29, 0.717) is 18.7 Å². The average molecular weight is 284 g/mol. The molecule has 0 bridgehead atoms. The van der Waals surface area contributed by atoms with Gasteiger partial charge in [-0.05, 0) is 32.1 Å². The highest BCUT2D eigenvalue weighted by Gasteiger charge is 2.34. The van der Waals surface area contributed by atoms with Crippen molar-refractivity contribution in [1.82, 2.24) is 9.21 Å². The molecule has 0 aliphatic carbocycles. The summed E-state index contributed by atoms with van der Waals surface area (Å²) in [7, 11) is 0.420. The standard InChI is InChI=1S/C13H20N2O3S/c1-14(2)12-7-8-15(9-12)19(17,18)13-6-4-3-5-11(13)10-16/h3-6,12,16H,7-10H2,1-2H3. The van der Waals surface area contributed by atoms with E-state index in [9.17, 15) is 13.5 Å². The number of hydrogen-bond acceptors (Lipinski definition) is 4. The lowest BCUT2D eigenvalue weighted by Crippen LogP contribution is -2.34. The molecule has 1 N–H and O–H groups in total. The van der Waals surface area contributed by atoms with Gasteiger partial charge < -0.3 is 10.0 Å². The molecule has 1 atom stereocenters. The second-order valence-electron chi connectivity index (χ2n) is 5.03. The number of aliphatic hydroxyl groups excluding tert-OH is 1. The fraction of sp³-hybridized carbons (Fsp3) is 0.538. The SMILES string of the molecule is CN(C)C1CCN(S(=O)(=O)c2ccccc2CO)C1. The van der Waals surface area contributed by atoms with Gasteiger partial charge in [0.15, 0.2) is 0 Å². The summed E-state index contributed by atoms with van der Waals surface area (Å²) in [5.74, 6) is 0. The molecule has 1 aliphatic heterocycles. The van der Waals surface area contributed by atoms with E-state index in [1.165, 1.54) is 4.31 Å². The van der Waals surface area contributed by atoms with Crippen molar-refractivity contribution < 1.29 is 13.5 Å². The van der Waals surface area contributed by atoms with Crippen molar-refractivity contribution in [2.24, 2.45) is 0 Å². The molecular weight excluding hydrogens is 264 g/mol. The minimum Gasteiger partial charge on any atom is -0.392 e. The highest BCUT2D eigenvalue weighted by molar-refractivity contribution is 7.89. The van der Waals surface area contributed by atoms with E-state index in [1.807, 2.05) is 19.0 Å². The zero-order chi connectivity index (χ0) is 14.0. The van der Waals surface area contributed by atoms with Crippen LogP contribution in [0.3, 0.4) is 0 Å². The van der Waals surface area contributed by atoms with Gasteiger partial charge in [0.2, 0.25) is 10.0 Å².